The highest BCUT2D eigenvalue weighted by Gasteiger charge is 2.06. The molecule has 2 rings (SSSR count). The minimum atomic E-state index is -1.14. The molecule has 0 spiro atoms. The molecule has 0 aliphatic carbocycles. The lowest BCUT2D eigenvalue weighted by Crippen LogP contribution is -2.11. The first kappa shape index (κ1) is 12.4. The van der Waals surface area contributed by atoms with Crippen molar-refractivity contribution in [2.45, 2.75) is 0 Å². The van der Waals surface area contributed by atoms with Gasteiger partial charge in [0.05, 0.1) is 5.56 Å². The van der Waals surface area contributed by atoms with Gasteiger partial charge in [0.15, 0.2) is 0 Å². The van der Waals surface area contributed by atoms with E-state index in [0.717, 1.165) is 16.2 Å². The Morgan fingerprint density at radius 3 is 2.72 bits per heavy atom. The molecule has 0 saturated carbocycles. The Morgan fingerprint density at radius 1 is 1.28 bits per heavy atom. The van der Waals surface area contributed by atoms with Gasteiger partial charge in [-0.15, -0.1) is 0 Å². The zero-order valence-corrected chi connectivity index (χ0v) is 10.7. The average Bonchev–Trinajstić information content (AvgIpc) is 2.28. The predicted molar refractivity (Wildman–Crippen MR) is 71.4 cm³/mol. The van der Waals surface area contributed by atoms with Crippen molar-refractivity contribution in [2.75, 3.05) is 5.32 Å². The number of aromatic nitrogens is 1. The minimum absolute atomic E-state index is 0.0590. The molecule has 6 heteroatoms. The van der Waals surface area contributed by atoms with Crippen LogP contribution in [0.2, 0.25) is 0 Å². The Hall–Kier alpha value is -2.08. The Kier molecular flexibility index (Phi) is 3.47. The van der Waals surface area contributed by atoms with Gasteiger partial charge in [0.1, 0.15) is 5.82 Å². The summed E-state index contributed by atoms with van der Waals surface area (Å²) in [5.41, 5.74) is 0.214. The molecule has 18 heavy (non-hydrogen) atoms. The van der Waals surface area contributed by atoms with E-state index in [0.29, 0.717) is 5.82 Å². The molecule has 0 fully saturated rings. The van der Waals surface area contributed by atoms with Crippen molar-refractivity contribution in [3.8, 4) is 0 Å². The Morgan fingerprint density at radius 2 is 2.06 bits per heavy atom. The number of carboxylic acid groups (broad SMARTS) is 1. The molecule has 1 aromatic carbocycles. The van der Waals surface area contributed by atoms with Crippen LogP contribution in [-0.4, -0.2) is 16.1 Å². The molecule has 0 amide bonds. The maximum Gasteiger partial charge on any atom is 0.336 e. The zero-order chi connectivity index (χ0) is 13.1. The van der Waals surface area contributed by atoms with Crippen molar-refractivity contribution in [1.82, 2.24) is 4.98 Å². The lowest BCUT2D eigenvalue weighted by molar-refractivity contribution is 0.0696. The molecule has 0 bridgehead atoms. The number of carbonyl (C=O) groups is 1. The van der Waals surface area contributed by atoms with Crippen molar-refractivity contribution in [2.24, 2.45) is 0 Å². The van der Waals surface area contributed by atoms with Crippen molar-refractivity contribution in [3.63, 3.8) is 0 Å². The van der Waals surface area contributed by atoms with E-state index in [2.05, 4.69) is 26.2 Å². The minimum Gasteiger partial charge on any atom is -0.478 e. The largest absolute Gasteiger partial charge is 0.478 e. The summed E-state index contributed by atoms with van der Waals surface area (Å²) < 4.78 is 0.879. The van der Waals surface area contributed by atoms with Gasteiger partial charge in [-0.05, 0) is 24.3 Å². The first-order valence-corrected chi connectivity index (χ1v) is 5.84. The first-order valence-electron chi connectivity index (χ1n) is 5.05. The molecular weight excluding hydrogens is 300 g/mol. The summed E-state index contributed by atoms with van der Waals surface area (Å²) in [6.45, 7) is 0. The van der Waals surface area contributed by atoms with E-state index in [1.165, 1.54) is 6.07 Å². The highest BCUT2D eigenvalue weighted by atomic mass is 79.9. The second-order valence-corrected chi connectivity index (χ2v) is 4.50. The van der Waals surface area contributed by atoms with E-state index in [4.69, 9.17) is 5.11 Å². The summed E-state index contributed by atoms with van der Waals surface area (Å²) in [5, 5.41) is 11.8. The van der Waals surface area contributed by atoms with Crippen LogP contribution in [0.5, 0.6) is 0 Å². The Bertz CT molecular complexity index is 652. The summed E-state index contributed by atoms with van der Waals surface area (Å²) in [7, 11) is 0. The third-order valence-corrected chi connectivity index (χ3v) is 2.69. The molecule has 92 valence electrons. The predicted octanol–water partition coefficient (Wildman–Crippen LogP) is 2.58. The van der Waals surface area contributed by atoms with Crippen molar-refractivity contribution >= 4 is 33.4 Å². The van der Waals surface area contributed by atoms with E-state index in [9.17, 15) is 9.59 Å². The first-order chi connectivity index (χ1) is 8.54. The molecule has 0 saturated heterocycles. The Balaban J connectivity index is 2.34. The van der Waals surface area contributed by atoms with Crippen molar-refractivity contribution < 1.29 is 9.90 Å². The summed E-state index contributed by atoms with van der Waals surface area (Å²) in [4.78, 5) is 24.7. The maximum atomic E-state index is 11.3. The van der Waals surface area contributed by atoms with Gasteiger partial charge in [0.2, 0.25) is 5.56 Å². The molecule has 2 aromatic rings. The van der Waals surface area contributed by atoms with Gasteiger partial charge in [-0.1, -0.05) is 22.0 Å². The molecule has 3 N–H and O–H groups in total. The smallest absolute Gasteiger partial charge is 0.336 e. The summed E-state index contributed by atoms with van der Waals surface area (Å²) in [5.74, 6) is -0.809. The normalized spacial score (nSPS) is 10.1. The lowest BCUT2D eigenvalue weighted by atomic mass is 10.2. The van der Waals surface area contributed by atoms with E-state index < -0.39 is 11.5 Å². The molecule has 1 aromatic heterocycles. The number of H-pyrrole nitrogens is 1. The fraction of sp³-hybridized carbons (Fsp3) is 0. The summed E-state index contributed by atoms with van der Waals surface area (Å²) >= 11 is 3.32. The van der Waals surface area contributed by atoms with Gasteiger partial charge < -0.3 is 15.4 Å². The summed E-state index contributed by atoms with van der Waals surface area (Å²) in [6, 6.07) is 9.70. The maximum absolute atomic E-state index is 11.3. The molecule has 0 aliphatic rings. The number of hydrogen-bond donors (Lipinski definition) is 3. The molecule has 5 nitrogen and oxygen atoms in total. The van der Waals surface area contributed by atoms with E-state index in [1.807, 2.05) is 18.2 Å². The summed E-state index contributed by atoms with van der Waals surface area (Å²) in [6.07, 6.45) is 0. The third kappa shape index (κ3) is 2.98. The molecule has 0 aliphatic heterocycles. The van der Waals surface area contributed by atoms with Crippen LogP contribution in [0.1, 0.15) is 10.4 Å². The number of aromatic amines is 1. The van der Waals surface area contributed by atoms with E-state index in [-0.39, 0.29) is 5.56 Å². The number of halogens is 1. The van der Waals surface area contributed by atoms with Crippen molar-refractivity contribution in [1.29, 1.82) is 0 Å². The molecule has 1 heterocycles. The SMILES string of the molecule is O=C(O)c1cc(Nc2cccc(Br)c2)[nH]c(=O)c1. The second-order valence-electron chi connectivity index (χ2n) is 3.59. The van der Waals surface area contributed by atoms with Gasteiger partial charge in [0.25, 0.3) is 0 Å². The van der Waals surface area contributed by atoms with Gasteiger partial charge in [0, 0.05) is 16.2 Å². The number of benzene rings is 1. The van der Waals surface area contributed by atoms with Crippen LogP contribution in [0.25, 0.3) is 0 Å². The molecule has 0 atom stereocenters. The molecular formula is C12H9BrN2O3. The van der Waals surface area contributed by atoms with Crippen LogP contribution in [0.4, 0.5) is 11.5 Å². The van der Waals surface area contributed by atoms with Crippen LogP contribution < -0.4 is 10.9 Å². The van der Waals surface area contributed by atoms with Gasteiger partial charge in [-0.2, -0.15) is 0 Å². The monoisotopic (exact) mass is 308 g/mol. The number of aromatic carboxylic acids is 1. The average molecular weight is 309 g/mol. The third-order valence-electron chi connectivity index (χ3n) is 2.19. The van der Waals surface area contributed by atoms with Gasteiger partial charge >= 0.3 is 5.97 Å². The lowest BCUT2D eigenvalue weighted by Gasteiger charge is -2.07. The van der Waals surface area contributed by atoms with Crippen molar-refractivity contribution in [3.05, 3.63) is 56.8 Å². The highest BCUT2D eigenvalue weighted by molar-refractivity contribution is 9.10. The van der Waals surface area contributed by atoms with Crippen LogP contribution in [0.3, 0.4) is 0 Å². The number of hydrogen-bond acceptors (Lipinski definition) is 3. The standard InChI is InChI=1S/C12H9BrN2O3/c13-8-2-1-3-9(6-8)14-10-4-7(12(17)18)5-11(16)15-10/h1-6H,(H,17,18)(H2,14,15,16). The molecule has 0 unspecified atom stereocenters. The fourth-order valence-corrected chi connectivity index (χ4v) is 1.86. The van der Waals surface area contributed by atoms with Crippen LogP contribution in [-0.2, 0) is 0 Å². The number of nitrogens with one attached hydrogen (secondary N) is 2. The van der Waals surface area contributed by atoms with Crippen LogP contribution in [0.15, 0.2) is 45.7 Å². The highest BCUT2D eigenvalue weighted by Crippen LogP contribution is 2.19. The number of anilines is 2. The number of carboxylic acids is 1. The topological polar surface area (TPSA) is 82.2 Å². The quantitative estimate of drug-likeness (QED) is 0.814. The van der Waals surface area contributed by atoms with Gasteiger partial charge in [-0.25, -0.2) is 4.79 Å². The molecule has 0 radical (unpaired) electrons. The number of pyridine rings is 1. The second kappa shape index (κ2) is 5.05. The van der Waals surface area contributed by atoms with Crippen LogP contribution >= 0.6 is 15.9 Å². The van der Waals surface area contributed by atoms with E-state index in [1.54, 1.807) is 6.07 Å². The van der Waals surface area contributed by atoms with Gasteiger partial charge in [-0.3, -0.25) is 4.79 Å². The van der Waals surface area contributed by atoms with Crippen LogP contribution in [0, 0.1) is 0 Å². The number of rotatable bonds is 3. The Labute approximate surface area is 111 Å². The fourth-order valence-electron chi connectivity index (χ4n) is 1.46. The zero-order valence-electron chi connectivity index (χ0n) is 9.11. The van der Waals surface area contributed by atoms with E-state index >= 15 is 0 Å².